The fraction of sp³-hybridized carbons (Fsp3) is 0.429. The summed E-state index contributed by atoms with van der Waals surface area (Å²) in [5.41, 5.74) is 3.03. The average molecular weight is 243 g/mol. The maximum atomic E-state index is 11.4. The first kappa shape index (κ1) is 12.4. The highest BCUT2D eigenvalue weighted by Crippen LogP contribution is 2.25. The van der Waals surface area contributed by atoms with E-state index >= 15 is 0 Å². The maximum absolute atomic E-state index is 11.4. The smallest absolute Gasteiger partial charge is 0.238 e. The van der Waals surface area contributed by atoms with Crippen molar-refractivity contribution in [2.24, 2.45) is 0 Å². The molecule has 1 aliphatic heterocycles. The molecule has 1 aromatic carbocycles. The number of hydrogen-bond donors (Lipinski definition) is 1. The summed E-state index contributed by atoms with van der Waals surface area (Å²) in [6.07, 6.45) is 2.40. The zero-order valence-corrected chi connectivity index (χ0v) is 10.6. The lowest BCUT2D eigenvalue weighted by Crippen LogP contribution is -2.18. The van der Waals surface area contributed by atoms with Crippen molar-refractivity contribution in [2.75, 3.05) is 23.3 Å². The van der Waals surface area contributed by atoms with Gasteiger partial charge in [0.1, 0.15) is 6.42 Å². The lowest BCUT2D eigenvalue weighted by molar-refractivity contribution is -0.115. The molecule has 1 fully saturated rings. The number of carbonyl (C=O) groups is 1. The molecule has 4 nitrogen and oxygen atoms in total. The molecule has 0 unspecified atom stereocenters. The van der Waals surface area contributed by atoms with Gasteiger partial charge in [0.2, 0.25) is 5.91 Å². The van der Waals surface area contributed by atoms with E-state index in [0.717, 1.165) is 24.3 Å². The van der Waals surface area contributed by atoms with Gasteiger partial charge in [-0.15, -0.1) is 0 Å². The van der Waals surface area contributed by atoms with Gasteiger partial charge < -0.3 is 10.2 Å². The number of anilines is 2. The van der Waals surface area contributed by atoms with Crippen molar-refractivity contribution >= 4 is 17.3 Å². The van der Waals surface area contributed by atoms with E-state index in [1.54, 1.807) is 0 Å². The van der Waals surface area contributed by atoms with Crippen LogP contribution in [0.25, 0.3) is 0 Å². The summed E-state index contributed by atoms with van der Waals surface area (Å²) in [4.78, 5) is 13.7. The third-order valence-electron chi connectivity index (χ3n) is 3.19. The number of nitrogens with one attached hydrogen (secondary N) is 1. The number of nitrogens with zero attached hydrogens (tertiary/aromatic N) is 2. The predicted molar refractivity (Wildman–Crippen MR) is 71.5 cm³/mol. The normalized spacial score (nSPS) is 14.3. The molecule has 94 valence electrons. The monoisotopic (exact) mass is 243 g/mol. The van der Waals surface area contributed by atoms with Gasteiger partial charge in [-0.1, -0.05) is 0 Å². The predicted octanol–water partition coefficient (Wildman–Crippen LogP) is 2.45. The molecular weight excluding hydrogens is 226 g/mol. The molecule has 0 radical (unpaired) electrons. The molecule has 0 saturated carbocycles. The molecule has 1 saturated heterocycles. The summed E-state index contributed by atoms with van der Waals surface area (Å²) in [5, 5.41) is 11.2. The molecule has 1 aliphatic rings. The van der Waals surface area contributed by atoms with Crippen molar-refractivity contribution in [2.45, 2.75) is 26.2 Å². The third kappa shape index (κ3) is 2.80. The Morgan fingerprint density at radius 1 is 1.44 bits per heavy atom. The Balaban J connectivity index is 2.10. The van der Waals surface area contributed by atoms with Crippen molar-refractivity contribution in [1.29, 1.82) is 5.26 Å². The van der Waals surface area contributed by atoms with Crippen molar-refractivity contribution < 1.29 is 4.79 Å². The number of aryl methyl sites for hydroxylation is 1. The topological polar surface area (TPSA) is 56.1 Å². The van der Waals surface area contributed by atoms with Crippen LogP contribution in [0, 0.1) is 18.3 Å². The average Bonchev–Trinajstić information content (AvgIpc) is 2.85. The van der Waals surface area contributed by atoms with Crippen LogP contribution in [-0.4, -0.2) is 19.0 Å². The molecule has 1 heterocycles. The third-order valence-corrected chi connectivity index (χ3v) is 3.19. The minimum atomic E-state index is -0.255. The molecule has 1 amide bonds. The first-order valence-electron chi connectivity index (χ1n) is 6.23. The first-order valence-corrected chi connectivity index (χ1v) is 6.23. The van der Waals surface area contributed by atoms with Crippen LogP contribution in [0.2, 0.25) is 0 Å². The van der Waals surface area contributed by atoms with Crippen LogP contribution in [0.4, 0.5) is 11.4 Å². The number of hydrogen-bond acceptors (Lipinski definition) is 3. The van der Waals surface area contributed by atoms with Gasteiger partial charge in [0.05, 0.1) is 6.07 Å². The summed E-state index contributed by atoms with van der Waals surface area (Å²) < 4.78 is 0. The second-order valence-corrected chi connectivity index (χ2v) is 4.58. The van der Waals surface area contributed by atoms with Gasteiger partial charge in [0.15, 0.2) is 0 Å². The first-order chi connectivity index (χ1) is 8.70. The van der Waals surface area contributed by atoms with E-state index in [1.807, 2.05) is 25.1 Å². The van der Waals surface area contributed by atoms with Gasteiger partial charge >= 0.3 is 0 Å². The number of carbonyl (C=O) groups excluding carboxylic acids is 1. The second-order valence-electron chi connectivity index (χ2n) is 4.58. The van der Waals surface area contributed by atoms with Gasteiger partial charge in [-0.05, 0) is 43.5 Å². The largest absolute Gasteiger partial charge is 0.372 e. The van der Waals surface area contributed by atoms with Crippen LogP contribution in [0.15, 0.2) is 18.2 Å². The Labute approximate surface area is 107 Å². The highest BCUT2D eigenvalue weighted by molar-refractivity contribution is 5.93. The summed E-state index contributed by atoms with van der Waals surface area (Å²) >= 11 is 0. The van der Waals surface area contributed by atoms with Crippen molar-refractivity contribution in [3.05, 3.63) is 23.8 Å². The molecule has 0 aromatic heterocycles. The van der Waals surface area contributed by atoms with Crippen molar-refractivity contribution in [3.63, 3.8) is 0 Å². The summed E-state index contributed by atoms with van der Waals surface area (Å²) in [6, 6.07) is 7.88. The zero-order chi connectivity index (χ0) is 13.0. The van der Waals surface area contributed by atoms with Crippen LogP contribution in [0.3, 0.4) is 0 Å². The van der Waals surface area contributed by atoms with E-state index < -0.39 is 0 Å². The van der Waals surface area contributed by atoms with E-state index in [9.17, 15) is 4.79 Å². The van der Waals surface area contributed by atoms with E-state index in [2.05, 4.69) is 16.3 Å². The quantitative estimate of drug-likeness (QED) is 0.887. The highest BCUT2D eigenvalue weighted by atomic mass is 16.1. The standard InChI is InChI=1S/C14H17N3O/c1-11-10-12(17-8-2-3-9-17)4-5-13(11)16-14(18)6-7-15/h4-5,10H,2-3,6,8-9H2,1H3,(H,16,18). The SMILES string of the molecule is Cc1cc(N2CCCC2)ccc1NC(=O)CC#N. The van der Waals surface area contributed by atoms with Gasteiger partial charge in [0.25, 0.3) is 0 Å². The molecular formula is C14H17N3O. The van der Waals surface area contributed by atoms with Crippen LogP contribution < -0.4 is 10.2 Å². The van der Waals surface area contributed by atoms with Gasteiger partial charge in [-0.2, -0.15) is 5.26 Å². The maximum Gasteiger partial charge on any atom is 0.238 e. The van der Waals surface area contributed by atoms with Crippen LogP contribution >= 0.6 is 0 Å². The minimum Gasteiger partial charge on any atom is -0.372 e. The lowest BCUT2D eigenvalue weighted by Gasteiger charge is -2.19. The fourth-order valence-corrected chi connectivity index (χ4v) is 2.23. The molecule has 0 spiro atoms. The van der Waals surface area contributed by atoms with Crippen LogP contribution in [0.5, 0.6) is 0 Å². The van der Waals surface area contributed by atoms with Crippen LogP contribution in [0.1, 0.15) is 24.8 Å². The molecule has 2 rings (SSSR count). The Bertz CT molecular complexity index is 484. The number of rotatable bonds is 3. The summed E-state index contributed by atoms with van der Waals surface area (Å²) in [5.74, 6) is -0.255. The summed E-state index contributed by atoms with van der Waals surface area (Å²) in [7, 11) is 0. The summed E-state index contributed by atoms with van der Waals surface area (Å²) in [6.45, 7) is 4.20. The van der Waals surface area contributed by atoms with Gasteiger partial charge in [-0.25, -0.2) is 0 Å². The van der Waals surface area contributed by atoms with Gasteiger partial charge in [0, 0.05) is 24.5 Å². The number of benzene rings is 1. The molecule has 0 bridgehead atoms. The Kier molecular flexibility index (Phi) is 3.83. The Morgan fingerprint density at radius 2 is 2.17 bits per heavy atom. The zero-order valence-electron chi connectivity index (χ0n) is 10.6. The van der Waals surface area contributed by atoms with Crippen molar-refractivity contribution in [1.82, 2.24) is 0 Å². The number of nitriles is 1. The molecule has 4 heteroatoms. The highest BCUT2D eigenvalue weighted by Gasteiger charge is 2.13. The van der Waals surface area contributed by atoms with E-state index in [4.69, 9.17) is 5.26 Å². The fourth-order valence-electron chi connectivity index (χ4n) is 2.23. The van der Waals surface area contributed by atoms with Crippen molar-refractivity contribution in [3.8, 4) is 6.07 Å². The van der Waals surface area contributed by atoms with Gasteiger partial charge in [-0.3, -0.25) is 4.79 Å². The minimum absolute atomic E-state index is 0.104. The molecule has 1 N–H and O–H groups in total. The Morgan fingerprint density at radius 3 is 2.78 bits per heavy atom. The molecule has 0 atom stereocenters. The molecule has 18 heavy (non-hydrogen) atoms. The van der Waals surface area contributed by atoms with E-state index in [1.165, 1.54) is 18.5 Å². The molecule has 0 aliphatic carbocycles. The Hall–Kier alpha value is -2.02. The van der Waals surface area contributed by atoms with E-state index in [-0.39, 0.29) is 12.3 Å². The number of amides is 1. The second kappa shape index (κ2) is 5.54. The molecule has 1 aromatic rings. The van der Waals surface area contributed by atoms with E-state index in [0.29, 0.717) is 0 Å². The van der Waals surface area contributed by atoms with Crippen LogP contribution in [-0.2, 0) is 4.79 Å². The lowest BCUT2D eigenvalue weighted by atomic mass is 10.1.